The first-order valence-corrected chi connectivity index (χ1v) is 7.06. The summed E-state index contributed by atoms with van der Waals surface area (Å²) in [6.45, 7) is 0.0543. The molecule has 106 valence electrons. The second-order valence-electron chi connectivity index (χ2n) is 4.18. The molecule has 1 atom stereocenters. The van der Waals surface area contributed by atoms with Gasteiger partial charge in [0.2, 0.25) is 0 Å². The first-order chi connectivity index (χ1) is 9.49. The second kappa shape index (κ2) is 6.21. The Bertz CT molecular complexity index is 680. The maximum Gasteiger partial charge on any atom is 0.268 e. The van der Waals surface area contributed by atoms with Crippen molar-refractivity contribution in [2.24, 2.45) is 7.05 Å². The first-order valence-electron chi connectivity index (χ1n) is 5.86. The average molecular weight is 313 g/mol. The van der Waals surface area contributed by atoms with Crippen molar-refractivity contribution in [1.82, 2.24) is 9.88 Å². The van der Waals surface area contributed by atoms with Crippen LogP contribution < -0.4 is 10.9 Å². The molecule has 7 heteroatoms. The summed E-state index contributed by atoms with van der Waals surface area (Å²) in [5.41, 5.74) is -0.0165. The highest BCUT2D eigenvalue weighted by molar-refractivity contribution is 7.16. The second-order valence-corrected chi connectivity index (χ2v) is 5.92. The zero-order chi connectivity index (χ0) is 14.7. The molecule has 0 aliphatic carbocycles. The fourth-order valence-electron chi connectivity index (χ4n) is 1.68. The summed E-state index contributed by atoms with van der Waals surface area (Å²) in [6, 6.07) is 7.84. The highest BCUT2D eigenvalue weighted by Gasteiger charge is 2.14. The van der Waals surface area contributed by atoms with Gasteiger partial charge in [0.1, 0.15) is 11.8 Å². The van der Waals surface area contributed by atoms with E-state index in [1.165, 1.54) is 35.1 Å². The molecule has 2 N–H and O–H groups in total. The molecule has 2 aromatic rings. The van der Waals surface area contributed by atoms with Crippen LogP contribution in [0.5, 0.6) is 0 Å². The Hall–Kier alpha value is -1.63. The van der Waals surface area contributed by atoms with Gasteiger partial charge in [-0.3, -0.25) is 9.59 Å². The predicted molar refractivity (Wildman–Crippen MR) is 78.3 cm³/mol. The van der Waals surface area contributed by atoms with Crippen LogP contribution in [0.3, 0.4) is 0 Å². The Balaban J connectivity index is 2.02. The average Bonchev–Trinajstić information content (AvgIpc) is 2.85. The van der Waals surface area contributed by atoms with Crippen LogP contribution in [0.25, 0.3) is 0 Å². The van der Waals surface area contributed by atoms with Crippen LogP contribution in [0, 0.1) is 0 Å². The fraction of sp³-hybridized carbons (Fsp3) is 0.231. The van der Waals surface area contributed by atoms with Gasteiger partial charge in [0.25, 0.3) is 11.5 Å². The van der Waals surface area contributed by atoms with Crippen LogP contribution in [-0.2, 0) is 7.05 Å². The normalized spacial score (nSPS) is 12.2. The predicted octanol–water partition coefficient (Wildman–Crippen LogP) is 1.56. The van der Waals surface area contributed by atoms with Gasteiger partial charge in [0.15, 0.2) is 0 Å². The molecule has 1 amide bonds. The maximum absolute atomic E-state index is 12.0. The van der Waals surface area contributed by atoms with Crippen LogP contribution in [0.1, 0.15) is 21.5 Å². The van der Waals surface area contributed by atoms with E-state index in [-0.39, 0.29) is 17.8 Å². The van der Waals surface area contributed by atoms with Crippen molar-refractivity contribution in [3.63, 3.8) is 0 Å². The van der Waals surface area contributed by atoms with E-state index in [4.69, 9.17) is 11.6 Å². The molecule has 0 spiro atoms. The molecule has 0 radical (unpaired) electrons. The maximum atomic E-state index is 12.0. The van der Waals surface area contributed by atoms with Gasteiger partial charge < -0.3 is 15.0 Å². The molecule has 0 aromatic carbocycles. The molecule has 1 unspecified atom stereocenters. The molecule has 2 aromatic heterocycles. The van der Waals surface area contributed by atoms with E-state index >= 15 is 0 Å². The lowest BCUT2D eigenvalue weighted by Gasteiger charge is -2.11. The van der Waals surface area contributed by atoms with Crippen LogP contribution in [-0.4, -0.2) is 22.1 Å². The Labute approximate surface area is 124 Å². The Kier molecular flexibility index (Phi) is 4.59. The summed E-state index contributed by atoms with van der Waals surface area (Å²) < 4.78 is 1.83. The SMILES string of the molecule is Cn1c(C(=O)NCC(O)c2ccc(Cl)s2)cccc1=O. The van der Waals surface area contributed by atoms with Crippen LogP contribution >= 0.6 is 22.9 Å². The lowest BCUT2D eigenvalue weighted by Crippen LogP contribution is -2.32. The monoisotopic (exact) mass is 312 g/mol. The molecule has 0 aliphatic rings. The third-order valence-corrected chi connectivity index (χ3v) is 4.13. The third kappa shape index (κ3) is 3.27. The largest absolute Gasteiger partial charge is 0.386 e. The zero-order valence-electron chi connectivity index (χ0n) is 10.7. The number of rotatable bonds is 4. The molecule has 0 fully saturated rings. The summed E-state index contributed by atoms with van der Waals surface area (Å²) in [5, 5.41) is 12.5. The number of aliphatic hydroxyl groups is 1. The number of hydrogen-bond acceptors (Lipinski definition) is 4. The number of carbonyl (C=O) groups excluding carboxylic acids is 1. The number of pyridine rings is 1. The molecule has 2 heterocycles. The Morgan fingerprint density at radius 3 is 2.85 bits per heavy atom. The first kappa shape index (κ1) is 14.8. The topological polar surface area (TPSA) is 71.3 Å². The van der Waals surface area contributed by atoms with Gasteiger partial charge in [0.05, 0.1) is 4.34 Å². The summed E-state index contributed by atoms with van der Waals surface area (Å²) in [6.07, 6.45) is -0.822. The lowest BCUT2D eigenvalue weighted by molar-refractivity contribution is 0.0908. The summed E-state index contributed by atoms with van der Waals surface area (Å²) in [5.74, 6) is -0.410. The number of hydrogen-bond donors (Lipinski definition) is 2. The van der Waals surface area contributed by atoms with Crippen molar-refractivity contribution in [1.29, 1.82) is 0 Å². The number of nitrogens with one attached hydrogen (secondary N) is 1. The number of aromatic nitrogens is 1. The minimum Gasteiger partial charge on any atom is -0.386 e. The number of amides is 1. The summed E-state index contributed by atoms with van der Waals surface area (Å²) >= 11 is 7.04. The number of carbonyl (C=O) groups is 1. The van der Waals surface area contributed by atoms with Gasteiger partial charge in [-0.25, -0.2) is 0 Å². The van der Waals surface area contributed by atoms with Crippen LogP contribution in [0.4, 0.5) is 0 Å². The van der Waals surface area contributed by atoms with Gasteiger partial charge >= 0.3 is 0 Å². The summed E-state index contributed by atoms with van der Waals surface area (Å²) in [7, 11) is 1.52. The highest BCUT2D eigenvalue weighted by Crippen LogP contribution is 2.26. The standard InChI is InChI=1S/C13H13ClN2O3S/c1-16-8(3-2-4-12(16)18)13(19)15-7-9(17)10-5-6-11(14)20-10/h2-6,9,17H,7H2,1H3,(H,15,19). The van der Waals surface area contributed by atoms with Gasteiger partial charge in [-0.2, -0.15) is 0 Å². The molecule has 5 nitrogen and oxygen atoms in total. The molecule has 0 bridgehead atoms. The quantitative estimate of drug-likeness (QED) is 0.900. The molecule has 2 rings (SSSR count). The van der Waals surface area contributed by atoms with E-state index < -0.39 is 12.0 Å². The van der Waals surface area contributed by atoms with Crippen LogP contribution in [0.2, 0.25) is 4.34 Å². The molecular formula is C13H13ClN2O3S. The van der Waals surface area contributed by atoms with Crippen molar-refractivity contribution in [2.45, 2.75) is 6.10 Å². The van der Waals surface area contributed by atoms with Gasteiger partial charge in [-0.05, 0) is 18.2 Å². The molecule has 20 heavy (non-hydrogen) atoms. The van der Waals surface area contributed by atoms with E-state index in [0.29, 0.717) is 9.21 Å². The van der Waals surface area contributed by atoms with Crippen molar-refractivity contribution < 1.29 is 9.90 Å². The molecule has 0 saturated carbocycles. The molecular weight excluding hydrogens is 300 g/mol. The Morgan fingerprint density at radius 1 is 1.45 bits per heavy atom. The zero-order valence-corrected chi connectivity index (χ0v) is 12.2. The van der Waals surface area contributed by atoms with Crippen molar-refractivity contribution >= 4 is 28.8 Å². The Morgan fingerprint density at radius 2 is 2.20 bits per heavy atom. The highest BCUT2D eigenvalue weighted by atomic mass is 35.5. The third-order valence-electron chi connectivity index (χ3n) is 2.80. The fourth-order valence-corrected chi connectivity index (χ4v) is 2.73. The molecule has 0 saturated heterocycles. The van der Waals surface area contributed by atoms with Crippen molar-refractivity contribution in [3.8, 4) is 0 Å². The van der Waals surface area contributed by atoms with E-state index in [2.05, 4.69) is 5.32 Å². The van der Waals surface area contributed by atoms with Crippen LogP contribution in [0.15, 0.2) is 35.1 Å². The minimum atomic E-state index is -0.822. The molecule has 0 aliphatic heterocycles. The number of thiophene rings is 1. The number of halogens is 1. The summed E-state index contributed by atoms with van der Waals surface area (Å²) in [4.78, 5) is 24.1. The van der Waals surface area contributed by atoms with Gasteiger partial charge in [0, 0.05) is 24.5 Å². The number of nitrogens with zero attached hydrogens (tertiary/aromatic N) is 1. The smallest absolute Gasteiger partial charge is 0.268 e. The van der Waals surface area contributed by atoms with E-state index in [1.54, 1.807) is 18.2 Å². The van der Waals surface area contributed by atoms with Gasteiger partial charge in [-0.1, -0.05) is 17.7 Å². The van der Waals surface area contributed by atoms with E-state index in [0.717, 1.165) is 0 Å². The van der Waals surface area contributed by atoms with E-state index in [1.807, 2.05) is 0 Å². The van der Waals surface area contributed by atoms with Crippen molar-refractivity contribution in [3.05, 3.63) is 55.6 Å². The van der Waals surface area contributed by atoms with Gasteiger partial charge in [-0.15, -0.1) is 11.3 Å². The van der Waals surface area contributed by atoms with Crippen molar-refractivity contribution in [2.75, 3.05) is 6.54 Å². The lowest BCUT2D eigenvalue weighted by atomic mass is 10.2. The van der Waals surface area contributed by atoms with E-state index in [9.17, 15) is 14.7 Å². The number of aliphatic hydroxyl groups excluding tert-OH is 1. The minimum absolute atomic E-state index is 0.0543.